The van der Waals surface area contributed by atoms with Crippen LogP contribution in [0, 0.1) is 19.8 Å². The second-order valence-corrected chi connectivity index (χ2v) is 7.94. The van der Waals surface area contributed by atoms with E-state index in [4.69, 9.17) is 0 Å². The summed E-state index contributed by atoms with van der Waals surface area (Å²) in [6.45, 7) is 6.40. The summed E-state index contributed by atoms with van der Waals surface area (Å²) in [5.41, 5.74) is 0.957. The zero-order chi connectivity index (χ0) is 17.1. The molecule has 0 unspecified atom stereocenters. The van der Waals surface area contributed by atoms with Crippen LogP contribution >= 0.6 is 11.3 Å². The van der Waals surface area contributed by atoms with Gasteiger partial charge in [-0.05, 0) is 26.7 Å². The summed E-state index contributed by atoms with van der Waals surface area (Å²) >= 11 is 1.50. The molecule has 7 heteroatoms. The molecule has 0 radical (unpaired) electrons. The van der Waals surface area contributed by atoms with Crippen LogP contribution in [0.3, 0.4) is 0 Å². The van der Waals surface area contributed by atoms with Gasteiger partial charge in [0.05, 0.1) is 5.69 Å². The van der Waals surface area contributed by atoms with Crippen LogP contribution in [0.15, 0.2) is 0 Å². The lowest BCUT2D eigenvalue weighted by atomic mass is 9.88. The molecule has 1 saturated heterocycles. The highest BCUT2D eigenvalue weighted by Crippen LogP contribution is 2.26. The van der Waals surface area contributed by atoms with Crippen molar-refractivity contribution in [2.45, 2.75) is 46.0 Å². The van der Waals surface area contributed by atoms with Gasteiger partial charge in [-0.15, -0.1) is 11.3 Å². The molecule has 1 saturated carbocycles. The van der Waals surface area contributed by atoms with Gasteiger partial charge in [-0.1, -0.05) is 19.3 Å². The van der Waals surface area contributed by atoms with Gasteiger partial charge in [0.15, 0.2) is 5.13 Å². The van der Waals surface area contributed by atoms with Crippen molar-refractivity contribution in [1.29, 1.82) is 0 Å². The number of hydrogen-bond donors (Lipinski definition) is 1. The summed E-state index contributed by atoms with van der Waals surface area (Å²) in [5, 5.41) is 3.52. The summed E-state index contributed by atoms with van der Waals surface area (Å²) in [5.74, 6) is 0.501. The van der Waals surface area contributed by atoms with Crippen molar-refractivity contribution in [3.63, 3.8) is 0 Å². The third-order valence-corrected chi connectivity index (χ3v) is 6.06. The van der Waals surface area contributed by atoms with E-state index in [9.17, 15) is 9.59 Å². The minimum atomic E-state index is -0.117. The number of aryl methyl sites for hydroxylation is 2. The highest BCUT2D eigenvalue weighted by atomic mass is 32.1. The van der Waals surface area contributed by atoms with Gasteiger partial charge >= 0.3 is 6.03 Å². The Kier molecular flexibility index (Phi) is 5.38. The van der Waals surface area contributed by atoms with Crippen molar-refractivity contribution in [2.24, 2.45) is 5.92 Å². The molecule has 0 spiro atoms. The van der Waals surface area contributed by atoms with Crippen LogP contribution in [0.1, 0.15) is 42.7 Å². The Morgan fingerprint density at radius 2 is 1.67 bits per heavy atom. The molecule has 0 aromatic carbocycles. The summed E-state index contributed by atoms with van der Waals surface area (Å²) in [7, 11) is 0. The molecule has 6 nitrogen and oxygen atoms in total. The summed E-state index contributed by atoms with van der Waals surface area (Å²) in [6, 6.07) is -0.117. The lowest BCUT2D eigenvalue weighted by Crippen LogP contribution is -2.53. The molecule has 1 aliphatic carbocycles. The third kappa shape index (κ3) is 3.88. The number of nitrogens with zero attached hydrogens (tertiary/aromatic N) is 3. The van der Waals surface area contributed by atoms with E-state index in [0.717, 1.165) is 23.4 Å². The van der Waals surface area contributed by atoms with Crippen molar-refractivity contribution < 1.29 is 9.59 Å². The average molecular weight is 350 g/mol. The van der Waals surface area contributed by atoms with Gasteiger partial charge in [-0.2, -0.15) is 0 Å². The standard InChI is InChI=1S/C17H26N4O2S/c1-12-13(2)24-16(18-12)19-17(23)21-10-8-20(9-11-21)15(22)14-6-4-3-5-7-14/h14H,3-11H2,1-2H3,(H,18,19,23). The molecule has 2 aliphatic rings. The van der Waals surface area contributed by atoms with Crippen molar-refractivity contribution in [1.82, 2.24) is 14.8 Å². The predicted molar refractivity (Wildman–Crippen MR) is 95.3 cm³/mol. The number of aromatic nitrogens is 1. The van der Waals surface area contributed by atoms with Crippen molar-refractivity contribution in [3.05, 3.63) is 10.6 Å². The number of carbonyl (C=O) groups is 2. The number of piperazine rings is 1. The highest BCUT2D eigenvalue weighted by molar-refractivity contribution is 7.15. The van der Waals surface area contributed by atoms with Crippen LogP contribution in [0.5, 0.6) is 0 Å². The number of anilines is 1. The average Bonchev–Trinajstić information content (AvgIpc) is 2.92. The van der Waals surface area contributed by atoms with E-state index < -0.39 is 0 Å². The maximum Gasteiger partial charge on any atom is 0.323 e. The first-order valence-electron chi connectivity index (χ1n) is 8.83. The Morgan fingerprint density at radius 3 is 2.25 bits per heavy atom. The van der Waals surface area contributed by atoms with Gasteiger partial charge in [-0.3, -0.25) is 10.1 Å². The zero-order valence-electron chi connectivity index (χ0n) is 14.5. The minimum Gasteiger partial charge on any atom is -0.339 e. The Balaban J connectivity index is 1.49. The van der Waals surface area contributed by atoms with E-state index in [-0.39, 0.29) is 11.9 Å². The fourth-order valence-corrected chi connectivity index (χ4v) is 4.24. The molecule has 24 heavy (non-hydrogen) atoms. The van der Waals surface area contributed by atoms with Crippen LogP contribution in [0.2, 0.25) is 0 Å². The van der Waals surface area contributed by atoms with Crippen LogP contribution in [-0.2, 0) is 4.79 Å². The van der Waals surface area contributed by atoms with E-state index in [1.807, 2.05) is 18.7 Å². The molecule has 0 bridgehead atoms. The number of nitrogens with one attached hydrogen (secondary N) is 1. The highest BCUT2D eigenvalue weighted by Gasteiger charge is 2.29. The van der Waals surface area contributed by atoms with Crippen LogP contribution < -0.4 is 5.32 Å². The zero-order valence-corrected chi connectivity index (χ0v) is 15.3. The smallest absolute Gasteiger partial charge is 0.323 e. The largest absolute Gasteiger partial charge is 0.339 e. The summed E-state index contributed by atoms with van der Waals surface area (Å²) < 4.78 is 0. The quantitative estimate of drug-likeness (QED) is 0.892. The predicted octanol–water partition coefficient (Wildman–Crippen LogP) is 3.02. The first-order valence-corrected chi connectivity index (χ1v) is 9.65. The normalized spacial score (nSPS) is 19.4. The molecule has 1 aromatic heterocycles. The number of rotatable bonds is 2. The van der Waals surface area contributed by atoms with E-state index in [0.29, 0.717) is 37.2 Å². The molecule has 1 aromatic rings. The SMILES string of the molecule is Cc1nc(NC(=O)N2CCN(C(=O)C3CCCCC3)CC2)sc1C. The van der Waals surface area contributed by atoms with Gasteiger partial charge in [0.25, 0.3) is 0 Å². The Morgan fingerprint density at radius 1 is 1.04 bits per heavy atom. The van der Waals surface area contributed by atoms with Gasteiger partial charge in [0.1, 0.15) is 0 Å². The summed E-state index contributed by atoms with van der Waals surface area (Å²) in [4.78, 5) is 34.1. The number of urea groups is 1. The van der Waals surface area contributed by atoms with Crippen LogP contribution in [0.4, 0.5) is 9.93 Å². The molecule has 1 N–H and O–H groups in total. The Hall–Kier alpha value is -1.63. The number of amides is 3. The molecule has 3 rings (SSSR count). The molecule has 3 amide bonds. The summed E-state index contributed by atoms with van der Waals surface area (Å²) in [6.07, 6.45) is 5.66. The second-order valence-electron chi connectivity index (χ2n) is 6.74. The molecule has 1 aliphatic heterocycles. The lowest BCUT2D eigenvalue weighted by molar-refractivity contribution is -0.137. The number of hydrogen-bond acceptors (Lipinski definition) is 4. The molecular weight excluding hydrogens is 324 g/mol. The molecule has 2 heterocycles. The Labute approximate surface area is 147 Å². The van der Waals surface area contributed by atoms with E-state index in [2.05, 4.69) is 10.3 Å². The maximum absolute atomic E-state index is 12.6. The van der Waals surface area contributed by atoms with Crippen molar-refractivity contribution in [3.8, 4) is 0 Å². The molecular formula is C17H26N4O2S. The maximum atomic E-state index is 12.6. The van der Waals surface area contributed by atoms with Crippen LogP contribution in [0.25, 0.3) is 0 Å². The fraction of sp³-hybridized carbons (Fsp3) is 0.706. The van der Waals surface area contributed by atoms with E-state index >= 15 is 0 Å². The van der Waals surface area contributed by atoms with Gasteiger partial charge in [-0.25, -0.2) is 9.78 Å². The van der Waals surface area contributed by atoms with Gasteiger partial charge in [0.2, 0.25) is 5.91 Å². The van der Waals surface area contributed by atoms with Gasteiger partial charge in [0, 0.05) is 37.0 Å². The minimum absolute atomic E-state index is 0.117. The number of thiazole rings is 1. The molecule has 2 fully saturated rings. The monoisotopic (exact) mass is 350 g/mol. The van der Waals surface area contributed by atoms with Crippen molar-refractivity contribution >= 4 is 28.4 Å². The molecule has 0 atom stereocenters. The van der Waals surface area contributed by atoms with Crippen LogP contribution in [-0.4, -0.2) is 52.9 Å². The van der Waals surface area contributed by atoms with E-state index in [1.165, 1.54) is 30.6 Å². The van der Waals surface area contributed by atoms with Gasteiger partial charge < -0.3 is 9.80 Å². The topological polar surface area (TPSA) is 65.5 Å². The third-order valence-electron chi connectivity index (χ3n) is 5.08. The Bertz CT molecular complexity index is 582. The second kappa shape index (κ2) is 7.51. The first-order chi connectivity index (χ1) is 11.5. The van der Waals surface area contributed by atoms with E-state index in [1.54, 1.807) is 4.90 Å². The lowest BCUT2D eigenvalue weighted by Gasteiger charge is -2.37. The van der Waals surface area contributed by atoms with Crippen molar-refractivity contribution in [2.75, 3.05) is 31.5 Å². The fourth-order valence-electron chi connectivity index (χ4n) is 3.43. The molecule has 132 valence electrons. The number of carbonyl (C=O) groups excluding carboxylic acids is 2. The first kappa shape index (κ1) is 17.2.